The Bertz CT molecular complexity index is 2220. The predicted octanol–water partition coefficient (Wildman–Crippen LogP) is 1.71. The number of esters is 1. The quantitative estimate of drug-likeness (QED) is 0.0557. The van der Waals surface area contributed by atoms with Gasteiger partial charge in [-0.1, -0.05) is 6.07 Å². The summed E-state index contributed by atoms with van der Waals surface area (Å²) < 4.78 is 74.6. The normalized spacial score (nSPS) is 28.5. The van der Waals surface area contributed by atoms with Crippen LogP contribution in [0.2, 0.25) is 0 Å². The van der Waals surface area contributed by atoms with Gasteiger partial charge in [0.05, 0.1) is 12.7 Å². The predicted molar refractivity (Wildman–Crippen MR) is 192 cm³/mol. The maximum absolute atomic E-state index is 14.5. The minimum absolute atomic E-state index is 0.230. The largest absolute Gasteiger partial charge is 0.524 e. The fourth-order valence-electron chi connectivity index (χ4n) is 6.84. The third-order valence-corrected chi connectivity index (χ3v) is 9.57. The summed E-state index contributed by atoms with van der Waals surface area (Å²) in [7, 11) is -5.52. The van der Waals surface area contributed by atoms with Gasteiger partial charge in [0.2, 0.25) is 5.78 Å². The Labute approximate surface area is 359 Å². The van der Waals surface area contributed by atoms with Crippen LogP contribution in [-0.4, -0.2) is 167 Å². The number of phosphoric acid groups is 1. The molecule has 31 heteroatoms. The highest BCUT2D eigenvalue weighted by atomic mass is 31.2. The zero-order valence-electron chi connectivity index (χ0n) is 32.6. The number of phosphoric ester groups is 1. The van der Waals surface area contributed by atoms with Crippen molar-refractivity contribution in [1.82, 2.24) is 0 Å². The van der Waals surface area contributed by atoms with E-state index >= 15 is 0 Å². The van der Waals surface area contributed by atoms with Gasteiger partial charge in [-0.15, -0.1) is 0 Å². The van der Waals surface area contributed by atoms with E-state index in [4.69, 9.17) is 42.6 Å². The molecule has 0 aromatic heterocycles. The number of carbonyl (C=O) groups is 7. The van der Waals surface area contributed by atoms with Crippen LogP contribution in [0.4, 0.5) is 24.0 Å². The molecule has 12 atom stereocenters. The Morgan fingerprint density at radius 2 is 1.22 bits per heavy atom. The lowest BCUT2D eigenvalue weighted by Gasteiger charge is -2.46. The molecule has 2 aromatic rings. The minimum Gasteiger partial charge on any atom is -0.508 e. The first-order valence-corrected chi connectivity index (χ1v) is 19.4. The maximum Gasteiger partial charge on any atom is 0.524 e. The summed E-state index contributed by atoms with van der Waals surface area (Å²) in [4.78, 5) is 105. The average molecular weight is 955 g/mol. The van der Waals surface area contributed by atoms with Gasteiger partial charge in [0.1, 0.15) is 28.9 Å². The monoisotopic (exact) mass is 954 g/mol. The number of Topliss-reactive ketones (excluding diaryl/α,β-unsaturated/α-hetero) is 1. The first-order chi connectivity index (χ1) is 30.3. The molecular formula is C34H35O30P. The van der Waals surface area contributed by atoms with Gasteiger partial charge in [-0.05, 0) is 24.6 Å². The van der Waals surface area contributed by atoms with Crippen LogP contribution in [0.3, 0.4) is 0 Å². The number of phenols is 3. The number of benzene rings is 2. The van der Waals surface area contributed by atoms with Gasteiger partial charge in [-0.3, -0.25) is 19.4 Å². The van der Waals surface area contributed by atoms with E-state index in [0.717, 1.165) is 38.1 Å². The highest BCUT2D eigenvalue weighted by Gasteiger charge is 2.57. The first kappa shape index (κ1) is 48.9. The number of hydrogen-bond donors (Lipinski definition) is 10. The fraction of sp³-hybridized carbons (Fsp3) is 0.441. The molecule has 6 unspecified atom stereocenters. The third-order valence-electron chi connectivity index (χ3n) is 9.14. The number of carbonyl (C=O) groups excluding carboxylic acids is 2. The van der Waals surface area contributed by atoms with Crippen molar-refractivity contribution in [2.75, 3.05) is 6.61 Å². The summed E-state index contributed by atoms with van der Waals surface area (Å²) in [6, 6.07) is 4.25. The summed E-state index contributed by atoms with van der Waals surface area (Å²) in [6.07, 6.45) is -36.3. The second-order valence-electron chi connectivity index (χ2n) is 13.5. The van der Waals surface area contributed by atoms with Crippen LogP contribution < -0.4 is 9.26 Å². The Balaban J connectivity index is 1.62. The molecule has 65 heavy (non-hydrogen) atoms. The molecule has 2 saturated heterocycles. The number of hydrogen-bond acceptors (Lipinski definition) is 23. The number of rotatable bonds is 14. The van der Waals surface area contributed by atoms with Crippen molar-refractivity contribution in [3.63, 3.8) is 0 Å². The van der Waals surface area contributed by atoms with Crippen LogP contribution in [0.5, 0.6) is 28.7 Å². The lowest BCUT2D eigenvalue weighted by molar-refractivity contribution is -0.334. The summed E-state index contributed by atoms with van der Waals surface area (Å²) in [5.41, 5.74) is -1.05. The molecule has 0 radical (unpaired) electrons. The molecule has 0 aliphatic carbocycles. The van der Waals surface area contributed by atoms with E-state index in [1.54, 1.807) is 0 Å². The Kier molecular flexibility index (Phi) is 14.9. The van der Waals surface area contributed by atoms with E-state index in [1.807, 2.05) is 0 Å². The van der Waals surface area contributed by atoms with Crippen molar-refractivity contribution in [1.29, 1.82) is 0 Å². The van der Waals surface area contributed by atoms with Gasteiger partial charge in [0.15, 0.2) is 72.9 Å². The summed E-state index contributed by atoms with van der Waals surface area (Å²) in [5.74, 6) is -6.48. The number of ketones is 1. The average Bonchev–Trinajstić information content (AvgIpc) is 3.16. The molecule has 3 heterocycles. The summed E-state index contributed by atoms with van der Waals surface area (Å²) >= 11 is 0. The minimum atomic E-state index is -5.52. The van der Waals surface area contributed by atoms with Gasteiger partial charge in [-0.2, -0.15) is 0 Å². The second kappa shape index (κ2) is 19.8. The lowest BCUT2D eigenvalue weighted by atomic mass is 9.92. The van der Waals surface area contributed by atoms with Gasteiger partial charge >= 0.3 is 44.6 Å². The smallest absolute Gasteiger partial charge is 0.508 e. The number of aromatic hydroxyl groups is 3. The summed E-state index contributed by atoms with van der Waals surface area (Å²) in [5, 5.41) is 78.3. The van der Waals surface area contributed by atoms with Gasteiger partial charge in [-0.25, -0.2) is 28.5 Å². The Hall–Kier alpha value is -7.08. The van der Waals surface area contributed by atoms with E-state index in [0.29, 0.717) is 6.07 Å². The molecule has 0 amide bonds. The van der Waals surface area contributed by atoms with Crippen molar-refractivity contribution >= 4 is 50.4 Å². The van der Waals surface area contributed by atoms with Crippen molar-refractivity contribution in [2.24, 2.45) is 0 Å². The molecule has 0 saturated carbocycles. The number of fused-ring (bicyclic) bond motifs is 1. The molecule has 5 rings (SSSR count). The van der Waals surface area contributed by atoms with Gasteiger partial charge < -0.3 is 97.5 Å². The van der Waals surface area contributed by atoms with Crippen LogP contribution in [0.25, 0.3) is 0 Å². The van der Waals surface area contributed by atoms with Crippen molar-refractivity contribution in [3.05, 3.63) is 41.5 Å². The molecule has 0 spiro atoms. The van der Waals surface area contributed by atoms with Crippen molar-refractivity contribution in [3.8, 4) is 28.7 Å². The molecular weight excluding hydrogens is 919 g/mol. The number of carboxylic acid groups (broad SMARTS) is 5. The van der Waals surface area contributed by atoms with Crippen molar-refractivity contribution in [2.45, 2.75) is 87.5 Å². The molecule has 10 N–H and O–H groups in total. The van der Waals surface area contributed by atoms with E-state index in [-0.39, 0.29) is 5.56 Å². The van der Waals surface area contributed by atoms with Gasteiger partial charge in [0, 0.05) is 19.1 Å². The van der Waals surface area contributed by atoms with Crippen LogP contribution in [0, 0.1) is 0 Å². The van der Waals surface area contributed by atoms with Crippen LogP contribution in [-0.2, 0) is 56.7 Å². The summed E-state index contributed by atoms with van der Waals surface area (Å²) in [6.45, 7) is 0.668. The molecule has 2 aromatic carbocycles. The highest BCUT2D eigenvalue weighted by Crippen LogP contribution is 2.49. The third kappa shape index (κ3) is 11.9. The molecule has 0 bridgehead atoms. The van der Waals surface area contributed by atoms with Crippen LogP contribution >= 0.6 is 7.82 Å². The maximum atomic E-state index is 14.5. The lowest BCUT2D eigenvalue weighted by Crippen LogP contribution is -2.65. The van der Waals surface area contributed by atoms with Gasteiger partial charge in [0.25, 0.3) is 0 Å². The first-order valence-electron chi connectivity index (χ1n) is 17.9. The molecule has 2 fully saturated rings. The molecule has 356 valence electrons. The van der Waals surface area contributed by atoms with Crippen molar-refractivity contribution < 1.29 is 145 Å². The Morgan fingerprint density at radius 3 is 1.77 bits per heavy atom. The molecule has 3 aliphatic rings. The fourth-order valence-corrected chi connectivity index (χ4v) is 7.24. The highest BCUT2D eigenvalue weighted by molar-refractivity contribution is 7.46. The second-order valence-corrected chi connectivity index (χ2v) is 14.7. The SMILES string of the molecule is CC(=O)OC1[C@H](OC2C(=O)c3c(cc(O)cc3OP(=O)(O)O)OC2c2ccc(O)c(O)c2)O[C@H](CO[C@H]2OC(C)C(OC(=O)O)[C@@H](OC(=O)O)[C@H]2OC(=O)O)C(OC(=O)O)[C@@H]1OC(=O)O. The zero-order chi connectivity index (χ0) is 48.2. The Morgan fingerprint density at radius 1 is 0.677 bits per heavy atom. The molecule has 3 aliphatic heterocycles. The van der Waals surface area contributed by atoms with E-state index < -0.39 is 165 Å². The van der Waals surface area contributed by atoms with E-state index in [1.165, 1.54) is 0 Å². The zero-order valence-corrected chi connectivity index (χ0v) is 33.5. The van der Waals surface area contributed by atoms with Crippen LogP contribution in [0.1, 0.15) is 35.9 Å². The topological polar surface area (TPSA) is 450 Å². The molecule has 30 nitrogen and oxygen atoms in total. The van der Waals surface area contributed by atoms with E-state index in [2.05, 4.69) is 14.0 Å². The standard InChI is InChI=1S/C34H35O30P/c1-9-20(59-30(40)41)24(61-32(44)45)26(63-34(48)49)28(54-9)53-8-17-22(60-31(42)43)25(62-33(46)47)27(55-10(2)35)29(57-17)58-23-19(39)18-15(6-12(36)7-16(18)64-65(50,51)52)56-21(23)11-3-4-13(37)14(38)5-11/h3-7,9,17,20-29,36-38H,8H2,1-2H3,(H,40,41)(H,42,43)(H,44,45)(H,46,47)(H,48,49)(H2,50,51,52)/t9?,17-,20?,21?,22?,23?,24-,25+,26-,27?,28+,29+/m1/s1. The van der Waals surface area contributed by atoms with Crippen LogP contribution in [0.15, 0.2) is 30.3 Å². The number of ether oxygens (including phenoxy) is 11. The number of phenolic OH excluding ortho intramolecular Hbond substituents is 3. The van der Waals surface area contributed by atoms with E-state index in [9.17, 15) is 88.8 Å².